The van der Waals surface area contributed by atoms with E-state index in [4.69, 9.17) is 0 Å². The van der Waals surface area contributed by atoms with Crippen LogP contribution in [0.2, 0.25) is 0 Å². The zero-order valence-corrected chi connectivity index (χ0v) is 8.58. The summed E-state index contributed by atoms with van der Waals surface area (Å²) in [6, 6.07) is 0.311. The van der Waals surface area contributed by atoms with E-state index in [-0.39, 0.29) is 5.91 Å². The van der Waals surface area contributed by atoms with Gasteiger partial charge in [0, 0.05) is 25.2 Å². The van der Waals surface area contributed by atoms with Gasteiger partial charge >= 0.3 is 0 Å². The van der Waals surface area contributed by atoms with E-state index in [1.165, 1.54) is 11.3 Å². The molecule has 1 fully saturated rings. The molecular formula is C10H15N3O. The summed E-state index contributed by atoms with van der Waals surface area (Å²) in [7, 11) is 1.94. The Morgan fingerprint density at radius 3 is 3.00 bits per heavy atom. The molecular weight excluding hydrogens is 178 g/mol. The molecule has 0 saturated carbocycles. The molecule has 0 aliphatic carbocycles. The molecule has 4 nitrogen and oxygen atoms in total. The Bertz CT molecular complexity index is 356. The Morgan fingerprint density at radius 2 is 2.50 bits per heavy atom. The van der Waals surface area contributed by atoms with Gasteiger partial charge in [-0.3, -0.25) is 9.48 Å². The fraction of sp³-hybridized carbons (Fsp3) is 0.600. The molecule has 1 aromatic heterocycles. The SMILES string of the molecule is Cc1c(C[C@@H]2CCC(=O)N2)cnn1C. The number of nitrogens with one attached hydrogen (secondary N) is 1. The van der Waals surface area contributed by atoms with Crippen molar-refractivity contribution >= 4 is 5.91 Å². The van der Waals surface area contributed by atoms with Gasteiger partial charge in [0.2, 0.25) is 5.91 Å². The first-order valence-electron chi connectivity index (χ1n) is 4.93. The van der Waals surface area contributed by atoms with Crippen LogP contribution in [0.25, 0.3) is 0 Å². The number of aryl methyl sites for hydroxylation is 1. The van der Waals surface area contributed by atoms with Crippen molar-refractivity contribution in [2.24, 2.45) is 7.05 Å². The highest BCUT2D eigenvalue weighted by atomic mass is 16.1. The van der Waals surface area contributed by atoms with Gasteiger partial charge in [-0.2, -0.15) is 5.10 Å². The highest BCUT2D eigenvalue weighted by Crippen LogP contribution is 2.14. The molecule has 1 aromatic rings. The number of hydrogen-bond donors (Lipinski definition) is 1. The number of rotatable bonds is 2. The Morgan fingerprint density at radius 1 is 1.71 bits per heavy atom. The third-order valence-electron chi connectivity index (χ3n) is 2.89. The number of carbonyl (C=O) groups is 1. The second-order valence-corrected chi connectivity index (χ2v) is 3.89. The minimum absolute atomic E-state index is 0.177. The highest BCUT2D eigenvalue weighted by molar-refractivity contribution is 5.78. The Labute approximate surface area is 83.3 Å². The van der Waals surface area contributed by atoms with Crippen LogP contribution in [0.4, 0.5) is 0 Å². The number of nitrogens with zero attached hydrogens (tertiary/aromatic N) is 2. The van der Waals surface area contributed by atoms with Crippen molar-refractivity contribution in [3.8, 4) is 0 Å². The molecule has 0 radical (unpaired) electrons. The van der Waals surface area contributed by atoms with Crippen molar-refractivity contribution in [3.05, 3.63) is 17.5 Å². The standard InChI is InChI=1S/C10H15N3O/c1-7-8(6-11-13(7)2)5-9-3-4-10(14)12-9/h6,9H,3-5H2,1-2H3,(H,12,14)/t9-/m0/s1. The lowest BCUT2D eigenvalue weighted by atomic mass is 10.1. The first-order valence-corrected chi connectivity index (χ1v) is 4.93. The minimum Gasteiger partial charge on any atom is -0.353 e. The van der Waals surface area contributed by atoms with E-state index in [0.29, 0.717) is 12.5 Å². The molecule has 2 heterocycles. The van der Waals surface area contributed by atoms with Crippen LogP contribution in [0.5, 0.6) is 0 Å². The zero-order valence-electron chi connectivity index (χ0n) is 8.58. The third-order valence-corrected chi connectivity index (χ3v) is 2.89. The van der Waals surface area contributed by atoms with Crippen molar-refractivity contribution in [2.45, 2.75) is 32.2 Å². The van der Waals surface area contributed by atoms with Crippen molar-refractivity contribution in [2.75, 3.05) is 0 Å². The summed E-state index contributed by atoms with van der Waals surface area (Å²) >= 11 is 0. The average Bonchev–Trinajstić information content (AvgIpc) is 2.67. The maximum atomic E-state index is 11.0. The molecule has 0 spiro atoms. The van der Waals surface area contributed by atoms with E-state index >= 15 is 0 Å². The molecule has 4 heteroatoms. The Balaban J connectivity index is 2.04. The lowest BCUT2D eigenvalue weighted by Gasteiger charge is -2.08. The number of aromatic nitrogens is 2. The van der Waals surface area contributed by atoms with Crippen LogP contribution in [0.3, 0.4) is 0 Å². The first kappa shape index (κ1) is 9.24. The number of hydrogen-bond acceptors (Lipinski definition) is 2. The monoisotopic (exact) mass is 193 g/mol. The first-order chi connectivity index (χ1) is 6.66. The maximum absolute atomic E-state index is 11.0. The van der Waals surface area contributed by atoms with Crippen LogP contribution < -0.4 is 5.32 Å². The van der Waals surface area contributed by atoms with Gasteiger partial charge in [0.25, 0.3) is 0 Å². The van der Waals surface area contributed by atoms with E-state index in [1.54, 1.807) is 0 Å². The normalized spacial score (nSPS) is 21.3. The lowest BCUT2D eigenvalue weighted by molar-refractivity contribution is -0.119. The van der Waals surface area contributed by atoms with E-state index in [2.05, 4.69) is 17.3 Å². The smallest absolute Gasteiger partial charge is 0.220 e. The molecule has 1 N–H and O–H groups in total. The van der Waals surface area contributed by atoms with Crippen LogP contribution in [0.1, 0.15) is 24.1 Å². The molecule has 1 saturated heterocycles. The predicted molar refractivity (Wildman–Crippen MR) is 52.8 cm³/mol. The molecule has 1 atom stereocenters. The topological polar surface area (TPSA) is 46.9 Å². The molecule has 1 amide bonds. The molecule has 0 unspecified atom stereocenters. The lowest BCUT2D eigenvalue weighted by Crippen LogP contribution is -2.27. The summed E-state index contributed by atoms with van der Waals surface area (Å²) in [5, 5.41) is 7.14. The van der Waals surface area contributed by atoms with E-state index in [1.807, 2.05) is 17.9 Å². The van der Waals surface area contributed by atoms with Gasteiger partial charge < -0.3 is 5.32 Å². The van der Waals surface area contributed by atoms with Crippen LogP contribution >= 0.6 is 0 Å². The quantitative estimate of drug-likeness (QED) is 0.745. The van der Waals surface area contributed by atoms with Gasteiger partial charge in [0.1, 0.15) is 0 Å². The molecule has 14 heavy (non-hydrogen) atoms. The fourth-order valence-electron chi connectivity index (χ4n) is 1.84. The van der Waals surface area contributed by atoms with Crippen molar-refractivity contribution in [1.82, 2.24) is 15.1 Å². The molecule has 1 aliphatic rings. The Hall–Kier alpha value is -1.32. The zero-order chi connectivity index (χ0) is 10.1. The van der Waals surface area contributed by atoms with Crippen molar-refractivity contribution < 1.29 is 4.79 Å². The van der Waals surface area contributed by atoms with Crippen LogP contribution in [-0.2, 0) is 18.3 Å². The summed E-state index contributed by atoms with van der Waals surface area (Å²) in [5.74, 6) is 0.177. The van der Waals surface area contributed by atoms with E-state index in [0.717, 1.165) is 12.8 Å². The predicted octanol–water partition coefficient (Wildman–Crippen LogP) is 0.550. The second-order valence-electron chi connectivity index (χ2n) is 3.89. The average molecular weight is 193 g/mol. The second kappa shape index (κ2) is 3.44. The van der Waals surface area contributed by atoms with E-state index < -0.39 is 0 Å². The molecule has 1 aliphatic heterocycles. The fourth-order valence-corrected chi connectivity index (χ4v) is 1.84. The van der Waals surface area contributed by atoms with Gasteiger partial charge in [0.15, 0.2) is 0 Å². The van der Waals surface area contributed by atoms with Gasteiger partial charge in [-0.1, -0.05) is 0 Å². The highest BCUT2D eigenvalue weighted by Gasteiger charge is 2.21. The minimum atomic E-state index is 0.177. The van der Waals surface area contributed by atoms with Crippen LogP contribution in [0.15, 0.2) is 6.20 Å². The van der Waals surface area contributed by atoms with Crippen LogP contribution in [0, 0.1) is 6.92 Å². The maximum Gasteiger partial charge on any atom is 0.220 e. The van der Waals surface area contributed by atoms with Gasteiger partial charge in [-0.25, -0.2) is 0 Å². The summed E-state index contributed by atoms with van der Waals surface area (Å²) in [6.07, 6.45) is 4.42. The van der Waals surface area contributed by atoms with E-state index in [9.17, 15) is 4.79 Å². The van der Waals surface area contributed by atoms with Crippen molar-refractivity contribution in [1.29, 1.82) is 0 Å². The third kappa shape index (κ3) is 1.64. The molecule has 0 bridgehead atoms. The summed E-state index contributed by atoms with van der Waals surface area (Å²) in [6.45, 7) is 2.05. The van der Waals surface area contributed by atoms with Crippen molar-refractivity contribution in [3.63, 3.8) is 0 Å². The largest absolute Gasteiger partial charge is 0.353 e. The summed E-state index contributed by atoms with van der Waals surface area (Å²) in [4.78, 5) is 11.0. The Kier molecular flexibility index (Phi) is 2.27. The number of carbonyl (C=O) groups excluding carboxylic acids is 1. The van der Waals surface area contributed by atoms with Gasteiger partial charge in [-0.15, -0.1) is 0 Å². The summed E-state index contributed by atoms with van der Waals surface area (Å²) < 4.78 is 1.87. The van der Waals surface area contributed by atoms with Gasteiger partial charge in [-0.05, 0) is 25.3 Å². The molecule has 2 rings (SSSR count). The van der Waals surface area contributed by atoms with Crippen LogP contribution in [-0.4, -0.2) is 21.7 Å². The number of amides is 1. The molecule has 0 aromatic carbocycles. The summed E-state index contributed by atoms with van der Waals surface area (Å²) in [5.41, 5.74) is 2.42. The molecule has 76 valence electrons. The van der Waals surface area contributed by atoms with Gasteiger partial charge in [0.05, 0.1) is 6.20 Å².